The number of hydrogen-bond donors (Lipinski definition) is 2. The van der Waals surface area contributed by atoms with Crippen molar-refractivity contribution in [2.45, 2.75) is 19.9 Å². The Morgan fingerprint density at radius 2 is 1.93 bits per heavy atom. The van der Waals surface area contributed by atoms with Gasteiger partial charge in [-0.3, -0.25) is 4.79 Å². The lowest BCUT2D eigenvalue weighted by molar-refractivity contribution is -0.118. The minimum absolute atomic E-state index is 0.235. The zero-order valence-electron chi connectivity index (χ0n) is 15.0. The van der Waals surface area contributed by atoms with Crippen LogP contribution in [0.2, 0.25) is 0 Å². The third kappa shape index (κ3) is 4.36. The topological polar surface area (TPSA) is 79.8 Å². The van der Waals surface area contributed by atoms with Gasteiger partial charge in [-0.25, -0.2) is 9.79 Å². The summed E-state index contributed by atoms with van der Waals surface area (Å²) in [4.78, 5) is 28.9. The first-order chi connectivity index (χ1) is 13.0. The van der Waals surface area contributed by atoms with Crippen LogP contribution < -0.4 is 15.4 Å². The van der Waals surface area contributed by atoms with Crippen molar-refractivity contribution >= 4 is 39.3 Å². The Hall–Kier alpha value is -2.67. The molecule has 2 atom stereocenters. The summed E-state index contributed by atoms with van der Waals surface area (Å²) < 4.78 is 6.24. The van der Waals surface area contributed by atoms with E-state index in [1.54, 1.807) is 31.2 Å². The minimum atomic E-state index is -0.618. The number of carbonyl (C=O) groups excluding carboxylic acids is 2. The van der Waals surface area contributed by atoms with Gasteiger partial charge in [0.25, 0.3) is 0 Å². The second-order valence-corrected chi connectivity index (χ2v) is 6.98. The third-order valence-corrected chi connectivity index (χ3v) is 5.02. The van der Waals surface area contributed by atoms with Crippen LogP contribution in [0.15, 0.2) is 58.0 Å². The predicted octanol–water partition coefficient (Wildman–Crippen LogP) is 4.33. The monoisotopic (exact) mass is 429 g/mol. The molecule has 140 valence electrons. The number of benzene rings is 2. The Balaban J connectivity index is 1.86. The van der Waals surface area contributed by atoms with Crippen LogP contribution in [0.3, 0.4) is 0 Å². The maximum absolute atomic E-state index is 13.0. The molecule has 0 aromatic heterocycles. The Kier molecular flexibility index (Phi) is 5.91. The highest BCUT2D eigenvalue weighted by Crippen LogP contribution is 2.32. The second kappa shape index (κ2) is 8.35. The molecule has 2 N–H and O–H groups in total. The lowest BCUT2D eigenvalue weighted by atomic mass is 9.87. The quantitative estimate of drug-likeness (QED) is 0.741. The lowest BCUT2D eigenvalue weighted by Crippen LogP contribution is -2.45. The molecule has 27 heavy (non-hydrogen) atoms. The van der Waals surface area contributed by atoms with Crippen molar-refractivity contribution in [3.8, 4) is 5.75 Å². The summed E-state index contributed by atoms with van der Waals surface area (Å²) in [6, 6.07) is 13.7. The van der Waals surface area contributed by atoms with E-state index in [-0.39, 0.29) is 5.91 Å². The summed E-state index contributed by atoms with van der Waals surface area (Å²) in [5.41, 5.74) is 1.95. The Morgan fingerprint density at radius 1 is 1.22 bits per heavy atom. The molecule has 2 aromatic rings. The SMILES string of the molecule is CCOc1ccc(NC(=O)C2C(C)=NC(=O)NC2c2ccccc2Br)cc1. The highest BCUT2D eigenvalue weighted by Gasteiger charge is 2.37. The molecule has 2 aromatic carbocycles. The number of hydrogen-bond acceptors (Lipinski definition) is 3. The number of urea groups is 1. The Morgan fingerprint density at radius 3 is 2.59 bits per heavy atom. The van der Waals surface area contributed by atoms with E-state index in [9.17, 15) is 9.59 Å². The van der Waals surface area contributed by atoms with Crippen LogP contribution in [0.5, 0.6) is 5.75 Å². The summed E-state index contributed by atoms with van der Waals surface area (Å²) in [7, 11) is 0. The van der Waals surface area contributed by atoms with Gasteiger partial charge in [0.2, 0.25) is 5.91 Å². The summed E-state index contributed by atoms with van der Waals surface area (Å²) in [5, 5.41) is 5.71. The van der Waals surface area contributed by atoms with Gasteiger partial charge in [-0.2, -0.15) is 0 Å². The molecule has 2 unspecified atom stereocenters. The number of nitrogens with one attached hydrogen (secondary N) is 2. The molecule has 1 aliphatic heterocycles. The summed E-state index contributed by atoms with van der Waals surface area (Å²) in [5.74, 6) is -0.113. The van der Waals surface area contributed by atoms with Gasteiger partial charge < -0.3 is 15.4 Å². The third-order valence-electron chi connectivity index (χ3n) is 4.30. The molecular formula is C20H20BrN3O3. The van der Waals surface area contributed by atoms with Crippen molar-refractivity contribution in [1.82, 2.24) is 5.32 Å². The van der Waals surface area contributed by atoms with E-state index in [2.05, 4.69) is 31.6 Å². The second-order valence-electron chi connectivity index (χ2n) is 6.13. The zero-order valence-corrected chi connectivity index (χ0v) is 16.6. The van der Waals surface area contributed by atoms with E-state index in [0.29, 0.717) is 18.0 Å². The molecule has 0 spiro atoms. The van der Waals surface area contributed by atoms with E-state index in [1.165, 1.54) is 0 Å². The fourth-order valence-corrected chi connectivity index (χ4v) is 3.60. The van der Waals surface area contributed by atoms with E-state index in [4.69, 9.17) is 4.74 Å². The van der Waals surface area contributed by atoms with Crippen LogP contribution in [0.1, 0.15) is 25.5 Å². The smallest absolute Gasteiger partial charge is 0.341 e. The standard InChI is InChI=1S/C20H20BrN3O3/c1-3-27-14-10-8-13(9-11-14)23-19(25)17-12(2)22-20(26)24-18(17)15-6-4-5-7-16(15)21/h4-11,17-18H,3H2,1-2H3,(H,23,25)(H,24,26). The van der Waals surface area contributed by atoms with Crippen molar-refractivity contribution < 1.29 is 14.3 Å². The first kappa shape index (κ1) is 19.1. The number of nitrogens with zero attached hydrogens (tertiary/aromatic N) is 1. The minimum Gasteiger partial charge on any atom is -0.494 e. The molecule has 0 saturated heterocycles. The lowest BCUT2D eigenvalue weighted by Gasteiger charge is -2.31. The number of aliphatic imine (C=N–C) groups is 1. The van der Waals surface area contributed by atoms with Gasteiger partial charge in [-0.15, -0.1) is 0 Å². The number of amides is 3. The average Bonchev–Trinajstić information content (AvgIpc) is 2.63. The van der Waals surface area contributed by atoms with Gasteiger partial charge >= 0.3 is 6.03 Å². The molecule has 1 heterocycles. The van der Waals surface area contributed by atoms with Gasteiger partial charge in [0.1, 0.15) is 11.7 Å². The van der Waals surface area contributed by atoms with Gasteiger partial charge in [-0.05, 0) is 49.7 Å². The van der Waals surface area contributed by atoms with Crippen molar-refractivity contribution in [2.24, 2.45) is 10.9 Å². The summed E-state index contributed by atoms with van der Waals surface area (Å²) in [6.45, 7) is 4.19. The van der Waals surface area contributed by atoms with E-state index >= 15 is 0 Å². The van der Waals surface area contributed by atoms with Gasteiger partial charge in [0.15, 0.2) is 0 Å². The maximum atomic E-state index is 13.0. The van der Waals surface area contributed by atoms with Crippen LogP contribution in [0.4, 0.5) is 10.5 Å². The van der Waals surface area contributed by atoms with Crippen molar-refractivity contribution in [1.29, 1.82) is 0 Å². The molecule has 1 aliphatic rings. The number of rotatable bonds is 5. The summed E-state index contributed by atoms with van der Waals surface area (Å²) >= 11 is 3.50. The normalized spacial score (nSPS) is 19.1. The number of ether oxygens (including phenoxy) is 1. The zero-order chi connectivity index (χ0) is 19.4. The van der Waals surface area contributed by atoms with Gasteiger partial charge in [0, 0.05) is 15.9 Å². The van der Waals surface area contributed by atoms with Crippen LogP contribution in [0.25, 0.3) is 0 Å². The first-order valence-corrected chi connectivity index (χ1v) is 9.42. The number of halogens is 1. The Bertz CT molecular complexity index is 880. The van der Waals surface area contributed by atoms with Crippen LogP contribution in [-0.2, 0) is 4.79 Å². The molecule has 0 fully saturated rings. The fourth-order valence-electron chi connectivity index (χ4n) is 3.07. The number of carbonyl (C=O) groups is 2. The Labute approximate surface area is 166 Å². The highest BCUT2D eigenvalue weighted by molar-refractivity contribution is 9.10. The van der Waals surface area contributed by atoms with Crippen molar-refractivity contribution in [3.63, 3.8) is 0 Å². The molecule has 3 amide bonds. The van der Waals surface area contributed by atoms with E-state index < -0.39 is 18.0 Å². The van der Waals surface area contributed by atoms with Crippen LogP contribution in [0, 0.1) is 5.92 Å². The average molecular weight is 430 g/mol. The van der Waals surface area contributed by atoms with Crippen molar-refractivity contribution in [3.05, 3.63) is 58.6 Å². The predicted molar refractivity (Wildman–Crippen MR) is 108 cm³/mol. The van der Waals surface area contributed by atoms with E-state index in [1.807, 2.05) is 31.2 Å². The van der Waals surface area contributed by atoms with Crippen LogP contribution in [-0.4, -0.2) is 24.3 Å². The molecule has 0 radical (unpaired) electrons. The van der Waals surface area contributed by atoms with Gasteiger partial charge in [-0.1, -0.05) is 34.1 Å². The maximum Gasteiger partial charge on any atom is 0.341 e. The molecule has 6 nitrogen and oxygen atoms in total. The first-order valence-electron chi connectivity index (χ1n) is 8.63. The largest absolute Gasteiger partial charge is 0.494 e. The molecule has 7 heteroatoms. The summed E-state index contributed by atoms with van der Waals surface area (Å²) in [6.07, 6.45) is 0. The van der Waals surface area contributed by atoms with Crippen LogP contribution >= 0.6 is 15.9 Å². The highest BCUT2D eigenvalue weighted by atomic mass is 79.9. The molecule has 0 aliphatic carbocycles. The molecule has 3 rings (SSSR count). The van der Waals surface area contributed by atoms with Gasteiger partial charge in [0.05, 0.1) is 12.6 Å². The number of anilines is 1. The van der Waals surface area contributed by atoms with Crippen molar-refractivity contribution in [2.75, 3.05) is 11.9 Å². The fraction of sp³-hybridized carbons (Fsp3) is 0.250. The van der Waals surface area contributed by atoms with E-state index in [0.717, 1.165) is 15.8 Å². The molecular weight excluding hydrogens is 410 g/mol. The molecule has 0 saturated carbocycles. The molecule has 0 bridgehead atoms.